The summed E-state index contributed by atoms with van der Waals surface area (Å²) in [4.78, 5) is 12.0. The third-order valence-corrected chi connectivity index (χ3v) is 4.61. The molecule has 0 radical (unpaired) electrons. The van der Waals surface area contributed by atoms with Crippen molar-refractivity contribution in [2.75, 3.05) is 13.1 Å². The van der Waals surface area contributed by atoms with E-state index in [9.17, 15) is 9.18 Å². The van der Waals surface area contributed by atoms with Gasteiger partial charge in [0.25, 0.3) is 5.91 Å². The Balaban J connectivity index is 1.88. The van der Waals surface area contributed by atoms with Crippen molar-refractivity contribution in [3.05, 3.63) is 58.9 Å². The van der Waals surface area contributed by atoms with E-state index in [4.69, 9.17) is 0 Å². The smallest absolute Gasteiger partial charge is 0.251 e. The Morgan fingerprint density at radius 3 is 2.64 bits per heavy atom. The Morgan fingerprint density at radius 1 is 1.09 bits per heavy atom. The number of benzene rings is 2. The molecule has 0 aliphatic carbocycles. The molecule has 1 atom stereocenters. The van der Waals surface area contributed by atoms with Crippen LogP contribution in [-0.4, -0.2) is 19.0 Å². The first-order chi connectivity index (χ1) is 10.7. The van der Waals surface area contributed by atoms with Gasteiger partial charge >= 0.3 is 0 Å². The molecule has 1 saturated heterocycles. The van der Waals surface area contributed by atoms with Gasteiger partial charge in [0.1, 0.15) is 5.82 Å². The fourth-order valence-corrected chi connectivity index (χ4v) is 3.43. The molecule has 3 nitrogen and oxygen atoms in total. The zero-order valence-corrected chi connectivity index (χ0v) is 12.2. The Hall–Kier alpha value is -2.20. The second-order valence-electron chi connectivity index (χ2n) is 5.98. The largest absolute Gasteiger partial charge is 0.348 e. The maximum Gasteiger partial charge on any atom is 0.251 e. The van der Waals surface area contributed by atoms with Crippen molar-refractivity contribution in [2.45, 2.75) is 18.9 Å². The van der Waals surface area contributed by atoms with Crippen LogP contribution >= 0.6 is 0 Å². The van der Waals surface area contributed by atoms with Crippen molar-refractivity contribution < 1.29 is 9.18 Å². The predicted octanol–water partition coefficient (Wildman–Crippen LogP) is 2.81. The summed E-state index contributed by atoms with van der Waals surface area (Å²) in [6.07, 6.45) is 1.09. The van der Waals surface area contributed by atoms with Crippen LogP contribution in [-0.2, 0) is 6.54 Å². The SMILES string of the molecule is O=C1NCc2cc(C3CCNC3)c(-c3ccc(F)cc3)cc21. The third-order valence-electron chi connectivity index (χ3n) is 4.61. The Labute approximate surface area is 128 Å². The standard InChI is InChI=1S/C18H17FN2O/c19-14-3-1-11(2-4-14)16-8-17-13(10-21-18(17)22)7-15(16)12-5-6-20-9-12/h1-4,7-8,12,20H,5-6,9-10H2,(H,21,22). The van der Waals surface area contributed by atoms with Crippen LogP contribution in [0.25, 0.3) is 11.1 Å². The van der Waals surface area contributed by atoms with Gasteiger partial charge in [0.05, 0.1) is 0 Å². The van der Waals surface area contributed by atoms with Crippen LogP contribution in [0.15, 0.2) is 36.4 Å². The molecule has 2 N–H and O–H groups in total. The van der Waals surface area contributed by atoms with Gasteiger partial charge in [-0.05, 0) is 59.3 Å². The lowest BCUT2D eigenvalue weighted by molar-refractivity contribution is 0.0966. The molecule has 112 valence electrons. The summed E-state index contributed by atoms with van der Waals surface area (Å²) in [5.41, 5.74) is 5.08. The van der Waals surface area contributed by atoms with E-state index in [1.807, 2.05) is 6.07 Å². The molecule has 0 saturated carbocycles. The van der Waals surface area contributed by atoms with Gasteiger partial charge in [0.2, 0.25) is 0 Å². The minimum Gasteiger partial charge on any atom is -0.348 e. The van der Waals surface area contributed by atoms with E-state index in [-0.39, 0.29) is 11.7 Å². The predicted molar refractivity (Wildman–Crippen MR) is 83.2 cm³/mol. The van der Waals surface area contributed by atoms with Gasteiger partial charge in [0, 0.05) is 18.7 Å². The Bertz CT molecular complexity index is 733. The van der Waals surface area contributed by atoms with E-state index in [1.54, 1.807) is 12.1 Å². The number of carbonyl (C=O) groups is 1. The fourth-order valence-electron chi connectivity index (χ4n) is 3.43. The number of rotatable bonds is 2. The lowest BCUT2D eigenvalue weighted by atomic mass is 9.87. The molecule has 2 aromatic carbocycles. The summed E-state index contributed by atoms with van der Waals surface area (Å²) in [6.45, 7) is 2.57. The lowest BCUT2D eigenvalue weighted by Gasteiger charge is -2.17. The number of hydrogen-bond donors (Lipinski definition) is 2. The van der Waals surface area contributed by atoms with E-state index >= 15 is 0 Å². The quantitative estimate of drug-likeness (QED) is 0.895. The molecule has 22 heavy (non-hydrogen) atoms. The number of fused-ring (bicyclic) bond motifs is 1. The molecule has 2 aromatic rings. The summed E-state index contributed by atoms with van der Waals surface area (Å²) >= 11 is 0. The molecule has 2 heterocycles. The van der Waals surface area contributed by atoms with Crippen LogP contribution in [0.4, 0.5) is 4.39 Å². The van der Waals surface area contributed by atoms with Gasteiger partial charge in [-0.3, -0.25) is 4.79 Å². The summed E-state index contributed by atoms with van der Waals surface area (Å²) in [6, 6.07) is 10.6. The van der Waals surface area contributed by atoms with Crippen LogP contribution in [0.5, 0.6) is 0 Å². The number of carbonyl (C=O) groups excluding carboxylic acids is 1. The number of halogens is 1. The summed E-state index contributed by atoms with van der Waals surface area (Å²) in [5, 5.41) is 6.27. The van der Waals surface area contributed by atoms with Gasteiger partial charge in [-0.25, -0.2) is 4.39 Å². The van der Waals surface area contributed by atoms with E-state index in [0.717, 1.165) is 41.8 Å². The first-order valence-corrected chi connectivity index (χ1v) is 7.64. The molecule has 0 spiro atoms. The first-order valence-electron chi connectivity index (χ1n) is 7.64. The van der Waals surface area contributed by atoms with Crippen LogP contribution < -0.4 is 10.6 Å². The van der Waals surface area contributed by atoms with E-state index in [0.29, 0.717) is 12.5 Å². The molecule has 2 aliphatic heterocycles. The van der Waals surface area contributed by atoms with E-state index in [2.05, 4.69) is 16.7 Å². The monoisotopic (exact) mass is 296 g/mol. The van der Waals surface area contributed by atoms with Gasteiger partial charge in [-0.15, -0.1) is 0 Å². The molecule has 1 unspecified atom stereocenters. The highest BCUT2D eigenvalue weighted by atomic mass is 19.1. The average Bonchev–Trinajstić information content (AvgIpc) is 3.17. The van der Waals surface area contributed by atoms with Crippen LogP contribution in [0.2, 0.25) is 0 Å². The molecular formula is C18H17FN2O. The third kappa shape index (κ3) is 2.20. The molecule has 1 amide bonds. The highest BCUT2D eigenvalue weighted by Gasteiger charge is 2.26. The minimum atomic E-state index is -0.244. The second-order valence-corrected chi connectivity index (χ2v) is 5.98. The van der Waals surface area contributed by atoms with Gasteiger partial charge < -0.3 is 10.6 Å². The van der Waals surface area contributed by atoms with Crippen LogP contribution in [0.1, 0.15) is 33.8 Å². The number of nitrogens with one attached hydrogen (secondary N) is 2. The molecular weight excluding hydrogens is 279 g/mol. The van der Waals surface area contributed by atoms with Crippen molar-refractivity contribution in [1.82, 2.24) is 10.6 Å². The maximum absolute atomic E-state index is 13.2. The van der Waals surface area contributed by atoms with Crippen LogP contribution in [0.3, 0.4) is 0 Å². The topological polar surface area (TPSA) is 41.1 Å². The molecule has 0 bridgehead atoms. The number of hydrogen-bond acceptors (Lipinski definition) is 2. The molecule has 4 rings (SSSR count). The lowest BCUT2D eigenvalue weighted by Crippen LogP contribution is -2.12. The van der Waals surface area contributed by atoms with Crippen molar-refractivity contribution in [2.24, 2.45) is 0 Å². The zero-order chi connectivity index (χ0) is 15.1. The summed E-state index contributed by atoms with van der Waals surface area (Å²) in [5.74, 6) is 0.183. The Kier molecular flexibility index (Phi) is 3.19. The van der Waals surface area contributed by atoms with Crippen LogP contribution in [0, 0.1) is 5.82 Å². The first kappa shape index (κ1) is 13.5. The van der Waals surface area contributed by atoms with Crippen molar-refractivity contribution >= 4 is 5.91 Å². The summed E-state index contributed by atoms with van der Waals surface area (Å²) in [7, 11) is 0. The number of amides is 1. The fraction of sp³-hybridized carbons (Fsp3) is 0.278. The molecule has 0 aromatic heterocycles. The van der Waals surface area contributed by atoms with E-state index in [1.165, 1.54) is 17.7 Å². The molecule has 1 fully saturated rings. The van der Waals surface area contributed by atoms with Crippen molar-refractivity contribution in [3.63, 3.8) is 0 Å². The van der Waals surface area contributed by atoms with E-state index < -0.39 is 0 Å². The highest BCUT2D eigenvalue weighted by Crippen LogP contribution is 2.36. The molecule has 2 aliphatic rings. The summed E-state index contributed by atoms with van der Waals surface area (Å²) < 4.78 is 13.2. The van der Waals surface area contributed by atoms with Gasteiger partial charge in [-0.1, -0.05) is 18.2 Å². The highest BCUT2D eigenvalue weighted by molar-refractivity contribution is 5.99. The average molecular weight is 296 g/mol. The van der Waals surface area contributed by atoms with Crippen molar-refractivity contribution in [1.29, 1.82) is 0 Å². The zero-order valence-electron chi connectivity index (χ0n) is 12.2. The second kappa shape index (κ2) is 5.21. The normalized spacial score (nSPS) is 20.0. The Morgan fingerprint density at radius 2 is 1.91 bits per heavy atom. The van der Waals surface area contributed by atoms with Gasteiger partial charge in [0.15, 0.2) is 0 Å². The van der Waals surface area contributed by atoms with Crippen molar-refractivity contribution in [3.8, 4) is 11.1 Å². The van der Waals surface area contributed by atoms with Gasteiger partial charge in [-0.2, -0.15) is 0 Å². The molecule has 4 heteroatoms. The maximum atomic E-state index is 13.2. The minimum absolute atomic E-state index is 0.0190.